The predicted molar refractivity (Wildman–Crippen MR) is 152 cm³/mol. The van der Waals surface area contributed by atoms with Gasteiger partial charge in [-0.3, -0.25) is 19.3 Å². The molecule has 2 aromatic carbocycles. The van der Waals surface area contributed by atoms with E-state index in [9.17, 15) is 18.8 Å². The van der Waals surface area contributed by atoms with Crippen LogP contribution >= 0.6 is 11.6 Å². The van der Waals surface area contributed by atoms with E-state index in [-0.39, 0.29) is 58.1 Å². The fourth-order valence-electron chi connectivity index (χ4n) is 4.91. The molecule has 0 unspecified atom stereocenters. The number of pyridine rings is 1. The SMILES string of the molecule is COC(=O)c1ccc2c(c1)c(C(N)=O)nn2CC(=O)N1C[C@H](F)C/C1=C(/C)Nc1cccc(-c2ncccc2Cl)c1F. The highest BCUT2D eigenvalue weighted by Crippen LogP contribution is 2.33. The number of esters is 1. The van der Waals surface area contributed by atoms with Gasteiger partial charge in [0.05, 0.1) is 41.1 Å². The number of nitrogens with two attached hydrogens (primary N) is 1. The van der Waals surface area contributed by atoms with Crippen LogP contribution in [0.15, 0.2) is 66.1 Å². The van der Waals surface area contributed by atoms with E-state index in [4.69, 9.17) is 22.1 Å². The summed E-state index contributed by atoms with van der Waals surface area (Å²) in [7, 11) is 1.22. The van der Waals surface area contributed by atoms with Gasteiger partial charge in [-0.2, -0.15) is 5.10 Å². The summed E-state index contributed by atoms with van der Waals surface area (Å²) in [5.41, 5.74) is 7.16. The molecular formula is C29H25ClF2N6O4. The zero-order valence-corrected chi connectivity index (χ0v) is 23.3. The summed E-state index contributed by atoms with van der Waals surface area (Å²) >= 11 is 6.21. The molecule has 1 aliphatic heterocycles. The highest BCUT2D eigenvalue weighted by Gasteiger charge is 2.33. The van der Waals surface area contributed by atoms with Gasteiger partial charge < -0.3 is 20.7 Å². The van der Waals surface area contributed by atoms with Crippen LogP contribution in [0.1, 0.15) is 34.2 Å². The molecule has 1 saturated heterocycles. The maximum atomic E-state index is 15.5. The van der Waals surface area contributed by atoms with Crippen LogP contribution in [0, 0.1) is 5.82 Å². The van der Waals surface area contributed by atoms with Crippen LogP contribution in [-0.2, 0) is 16.1 Å². The number of aromatic nitrogens is 3. The number of primary amides is 1. The highest BCUT2D eigenvalue weighted by molar-refractivity contribution is 6.33. The lowest BCUT2D eigenvalue weighted by Gasteiger charge is -2.21. The number of ether oxygens (including phenoxy) is 1. The number of alkyl halides is 1. The Morgan fingerprint density at radius 1 is 1.19 bits per heavy atom. The number of anilines is 1. The number of methoxy groups -OCH3 is 1. The number of rotatable bonds is 7. The van der Waals surface area contributed by atoms with Gasteiger partial charge in [0.25, 0.3) is 5.91 Å². The second-order valence-electron chi connectivity index (χ2n) is 9.60. The average Bonchev–Trinajstić information content (AvgIpc) is 3.54. The largest absolute Gasteiger partial charge is 0.465 e. The molecule has 2 aromatic heterocycles. The van der Waals surface area contributed by atoms with Crippen molar-refractivity contribution in [1.82, 2.24) is 19.7 Å². The summed E-state index contributed by atoms with van der Waals surface area (Å²) in [6, 6.07) is 12.3. The number of hydrogen-bond acceptors (Lipinski definition) is 7. The van der Waals surface area contributed by atoms with Crippen LogP contribution < -0.4 is 11.1 Å². The van der Waals surface area contributed by atoms with Crippen molar-refractivity contribution >= 4 is 46.0 Å². The number of allylic oxidation sites excluding steroid dienone is 2. The second kappa shape index (κ2) is 11.6. The Morgan fingerprint density at radius 2 is 1.98 bits per heavy atom. The minimum absolute atomic E-state index is 0.0766. The summed E-state index contributed by atoms with van der Waals surface area (Å²) in [6.07, 6.45) is 0.0830. The van der Waals surface area contributed by atoms with Crippen molar-refractivity contribution in [3.8, 4) is 11.3 Å². The molecule has 10 nitrogen and oxygen atoms in total. The number of nitrogens with one attached hydrogen (secondary N) is 1. The van der Waals surface area contributed by atoms with Gasteiger partial charge in [0.2, 0.25) is 5.91 Å². The molecule has 0 aliphatic carbocycles. The number of carbonyl (C=O) groups excluding carboxylic acids is 3. The quantitative estimate of drug-likeness (QED) is 0.297. The van der Waals surface area contributed by atoms with E-state index in [0.717, 1.165) is 0 Å². The molecule has 13 heteroatoms. The number of hydrogen-bond donors (Lipinski definition) is 2. The van der Waals surface area contributed by atoms with Crippen LogP contribution in [0.25, 0.3) is 22.2 Å². The molecular weight excluding hydrogens is 570 g/mol. The average molecular weight is 595 g/mol. The number of fused-ring (bicyclic) bond motifs is 1. The Bertz CT molecular complexity index is 1770. The number of nitrogens with zero attached hydrogens (tertiary/aromatic N) is 4. The lowest BCUT2D eigenvalue weighted by molar-refractivity contribution is -0.129. The van der Waals surface area contributed by atoms with Gasteiger partial charge in [-0.25, -0.2) is 13.6 Å². The van der Waals surface area contributed by atoms with Crippen molar-refractivity contribution < 1.29 is 27.9 Å². The zero-order chi connectivity index (χ0) is 30.1. The second-order valence-corrected chi connectivity index (χ2v) is 10.0. The van der Waals surface area contributed by atoms with Gasteiger partial charge in [0.15, 0.2) is 11.5 Å². The molecule has 42 heavy (non-hydrogen) atoms. The Hall–Kier alpha value is -4.84. The molecule has 4 aromatic rings. The number of carbonyl (C=O) groups is 3. The normalized spacial score (nSPS) is 16.0. The van der Waals surface area contributed by atoms with Gasteiger partial charge in [-0.05, 0) is 49.4 Å². The maximum Gasteiger partial charge on any atom is 0.337 e. The molecule has 0 spiro atoms. The first-order chi connectivity index (χ1) is 20.1. The lowest BCUT2D eigenvalue weighted by atomic mass is 10.1. The van der Waals surface area contributed by atoms with E-state index >= 15 is 4.39 Å². The van der Waals surface area contributed by atoms with Crippen LogP contribution in [0.3, 0.4) is 0 Å². The zero-order valence-electron chi connectivity index (χ0n) is 22.5. The molecule has 2 amide bonds. The first-order valence-corrected chi connectivity index (χ1v) is 13.2. The van der Waals surface area contributed by atoms with Crippen molar-refractivity contribution in [2.24, 2.45) is 5.73 Å². The number of benzene rings is 2. The number of halogens is 3. The minimum Gasteiger partial charge on any atom is -0.465 e. The molecule has 3 N–H and O–H groups in total. The fourth-order valence-corrected chi connectivity index (χ4v) is 5.13. The van der Waals surface area contributed by atoms with Crippen molar-refractivity contribution in [2.45, 2.75) is 26.1 Å². The van der Waals surface area contributed by atoms with E-state index in [1.54, 1.807) is 31.2 Å². The van der Waals surface area contributed by atoms with E-state index in [0.29, 0.717) is 16.9 Å². The summed E-state index contributed by atoms with van der Waals surface area (Å²) in [5.74, 6) is -2.60. The van der Waals surface area contributed by atoms with Crippen molar-refractivity contribution in [3.63, 3.8) is 0 Å². The minimum atomic E-state index is -1.35. The summed E-state index contributed by atoms with van der Waals surface area (Å²) < 4.78 is 36.2. The molecule has 1 atom stereocenters. The van der Waals surface area contributed by atoms with Crippen LogP contribution in [-0.4, -0.2) is 57.3 Å². The van der Waals surface area contributed by atoms with Crippen LogP contribution in [0.5, 0.6) is 0 Å². The van der Waals surface area contributed by atoms with Gasteiger partial charge in [-0.15, -0.1) is 0 Å². The standard InChI is InChI=1S/C29H25ClF2N6O4/c1-15(35-21-7-3-5-18(25(21)32)26-20(30)6-4-10-34-26)23-12-17(31)13-37(23)24(39)14-38-22-9-8-16(29(41)42-2)11-19(22)27(36-38)28(33)40/h3-11,17,35H,12-14H2,1-2H3,(H2,33,40)/b23-15+/t17-/m1/s1. The highest BCUT2D eigenvalue weighted by atomic mass is 35.5. The molecule has 1 aliphatic rings. The molecule has 0 saturated carbocycles. The molecule has 0 bridgehead atoms. The molecule has 216 valence electrons. The summed E-state index contributed by atoms with van der Waals surface area (Å²) in [5, 5.41) is 7.70. The Kier molecular flexibility index (Phi) is 7.90. The Morgan fingerprint density at radius 3 is 2.69 bits per heavy atom. The Balaban J connectivity index is 1.44. The molecule has 1 fully saturated rings. The van der Waals surface area contributed by atoms with Crippen molar-refractivity contribution in [3.05, 3.63) is 88.2 Å². The number of amides is 2. The monoisotopic (exact) mass is 594 g/mol. The van der Waals surface area contributed by atoms with Gasteiger partial charge in [0, 0.05) is 35.0 Å². The van der Waals surface area contributed by atoms with Gasteiger partial charge >= 0.3 is 5.97 Å². The van der Waals surface area contributed by atoms with Gasteiger partial charge in [0.1, 0.15) is 12.7 Å². The van der Waals surface area contributed by atoms with Crippen LogP contribution in [0.4, 0.5) is 14.5 Å². The summed E-state index contributed by atoms with van der Waals surface area (Å²) in [4.78, 5) is 42.9. The first kappa shape index (κ1) is 28.7. The predicted octanol–water partition coefficient (Wildman–Crippen LogP) is 4.69. The lowest BCUT2D eigenvalue weighted by Crippen LogP contribution is -2.32. The Labute approximate surface area is 243 Å². The smallest absolute Gasteiger partial charge is 0.337 e. The third-order valence-corrected chi connectivity index (χ3v) is 7.18. The number of likely N-dealkylation sites (tertiary alicyclic amines) is 1. The van der Waals surface area contributed by atoms with Gasteiger partial charge in [-0.1, -0.05) is 17.7 Å². The molecule has 0 radical (unpaired) electrons. The van der Waals surface area contributed by atoms with Crippen LogP contribution in [0.2, 0.25) is 5.02 Å². The van der Waals surface area contributed by atoms with E-state index < -0.39 is 29.8 Å². The van der Waals surface area contributed by atoms with E-state index in [2.05, 4.69) is 15.4 Å². The van der Waals surface area contributed by atoms with E-state index in [1.165, 1.54) is 47.2 Å². The maximum absolute atomic E-state index is 15.5. The summed E-state index contributed by atoms with van der Waals surface area (Å²) in [6.45, 7) is 1.05. The van der Waals surface area contributed by atoms with Crippen molar-refractivity contribution in [1.29, 1.82) is 0 Å². The van der Waals surface area contributed by atoms with E-state index in [1.807, 2.05) is 0 Å². The third-order valence-electron chi connectivity index (χ3n) is 6.88. The fraction of sp³-hybridized carbons (Fsp3) is 0.207. The van der Waals surface area contributed by atoms with Crippen molar-refractivity contribution in [2.75, 3.05) is 19.0 Å². The third kappa shape index (κ3) is 5.40. The first-order valence-electron chi connectivity index (χ1n) is 12.8. The molecule has 3 heterocycles. The molecule has 5 rings (SSSR count). The topological polar surface area (TPSA) is 132 Å².